The van der Waals surface area contributed by atoms with Gasteiger partial charge in [-0.15, -0.1) is 0 Å². The molecule has 1 N–H and O–H groups in total. The number of carbonyl (C=O) groups excluding carboxylic acids is 1. The van der Waals surface area contributed by atoms with Crippen LogP contribution in [0, 0.1) is 16.0 Å². The molecule has 1 unspecified atom stereocenters. The molecular formula is C14H19BrN2O4. The molecule has 0 aromatic heterocycles. The number of nitro groups is 1. The largest absolute Gasteiger partial charge is 0.487 e. The minimum Gasteiger partial charge on any atom is -0.487 e. The van der Waals surface area contributed by atoms with Gasteiger partial charge < -0.3 is 10.1 Å². The van der Waals surface area contributed by atoms with Crippen LogP contribution in [-0.4, -0.2) is 28.8 Å². The summed E-state index contributed by atoms with van der Waals surface area (Å²) in [6.07, 6.45) is 0. The van der Waals surface area contributed by atoms with Crippen molar-refractivity contribution in [3.05, 3.63) is 33.9 Å². The van der Waals surface area contributed by atoms with Gasteiger partial charge in [-0.2, -0.15) is 0 Å². The van der Waals surface area contributed by atoms with Gasteiger partial charge in [-0.25, -0.2) is 0 Å². The summed E-state index contributed by atoms with van der Waals surface area (Å²) in [5.41, 5.74) is -0.0258. The molecule has 116 valence electrons. The van der Waals surface area contributed by atoms with E-state index < -0.39 is 4.92 Å². The fourth-order valence-electron chi connectivity index (χ4n) is 1.77. The molecule has 0 bridgehead atoms. The third-order valence-electron chi connectivity index (χ3n) is 3.01. The number of rotatable bonds is 7. The van der Waals surface area contributed by atoms with Gasteiger partial charge in [-0.3, -0.25) is 14.9 Å². The first kappa shape index (κ1) is 17.4. The molecular weight excluding hydrogens is 340 g/mol. The fourth-order valence-corrected chi connectivity index (χ4v) is 2.68. The maximum absolute atomic E-state index is 12.4. The summed E-state index contributed by atoms with van der Waals surface area (Å²) in [5.74, 6) is -0.123. The Morgan fingerprint density at radius 2 is 2.14 bits per heavy atom. The first-order valence-electron chi connectivity index (χ1n) is 6.69. The van der Waals surface area contributed by atoms with Crippen molar-refractivity contribution in [2.24, 2.45) is 5.92 Å². The molecule has 6 nitrogen and oxygen atoms in total. The maximum Gasteiger partial charge on any atom is 0.311 e. The second kappa shape index (κ2) is 7.97. The van der Waals surface area contributed by atoms with Crippen LogP contribution in [0.3, 0.4) is 0 Å². The number of halogens is 1. The third-order valence-corrected chi connectivity index (χ3v) is 3.71. The van der Waals surface area contributed by atoms with Gasteiger partial charge in [0.2, 0.25) is 5.75 Å². The molecule has 0 spiro atoms. The second-order valence-corrected chi connectivity index (χ2v) is 5.47. The molecule has 0 heterocycles. The summed E-state index contributed by atoms with van der Waals surface area (Å²) < 4.78 is 5.31. The predicted molar refractivity (Wildman–Crippen MR) is 84.2 cm³/mol. The van der Waals surface area contributed by atoms with E-state index in [9.17, 15) is 14.9 Å². The van der Waals surface area contributed by atoms with Crippen LogP contribution in [0.15, 0.2) is 18.2 Å². The van der Waals surface area contributed by atoms with E-state index in [1.165, 1.54) is 18.2 Å². The monoisotopic (exact) mass is 358 g/mol. The Labute approximate surface area is 132 Å². The van der Waals surface area contributed by atoms with Crippen LogP contribution in [-0.2, 0) is 0 Å². The number of para-hydroxylation sites is 1. The molecule has 1 aromatic carbocycles. The van der Waals surface area contributed by atoms with Crippen molar-refractivity contribution < 1.29 is 14.5 Å². The number of carbonyl (C=O) groups is 1. The molecule has 0 aliphatic rings. The topological polar surface area (TPSA) is 81.5 Å². The van der Waals surface area contributed by atoms with Crippen LogP contribution in [0.2, 0.25) is 0 Å². The number of hydrogen-bond donors (Lipinski definition) is 1. The molecule has 0 fully saturated rings. The minimum atomic E-state index is -0.549. The average Bonchev–Trinajstić information content (AvgIpc) is 2.44. The summed E-state index contributed by atoms with van der Waals surface area (Å²) in [6.45, 7) is 5.94. The van der Waals surface area contributed by atoms with E-state index in [0.717, 1.165) is 0 Å². The first-order valence-corrected chi connectivity index (χ1v) is 7.81. The average molecular weight is 359 g/mol. The van der Waals surface area contributed by atoms with Gasteiger partial charge in [-0.05, 0) is 18.9 Å². The zero-order valence-electron chi connectivity index (χ0n) is 12.3. The number of alkyl halides is 1. The quantitative estimate of drug-likeness (QED) is 0.461. The Hall–Kier alpha value is -1.63. The molecule has 1 atom stereocenters. The molecule has 0 saturated heterocycles. The Kier molecular flexibility index (Phi) is 6.61. The number of benzene rings is 1. The summed E-state index contributed by atoms with van der Waals surface area (Å²) >= 11 is 3.35. The Balaban J connectivity index is 3.14. The molecule has 7 heteroatoms. The molecule has 1 rings (SSSR count). The smallest absolute Gasteiger partial charge is 0.311 e. The number of nitro benzene ring substituents is 1. The highest BCUT2D eigenvalue weighted by Gasteiger charge is 2.24. The van der Waals surface area contributed by atoms with Crippen LogP contribution in [0.25, 0.3) is 0 Å². The fraction of sp³-hybridized carbons (Fsp3) is 0.500. The molecule has 0 radical (unpaired) electrons. The lowest BCUT2D eigenvalue weighted by molar-refractivity contribution is -0.385. The van der Waals surface area contributed by atoms with Crippen LogP contribution >= 0.6 is 15.9 Å². The summed E-state index contributed by atoms with van der Waals surface area (Å²) in [6, 6.07) is 4.27. The van der Waals surface area contributed by atoms with Crippen LogP contribution in [0.5, 0.6) is 5.75 Å². The third kappa shape index (κ3) is 4.42. The van der Waals surface area contributed by atoms with E-state index in [2.05, 4.69) is 21.2 Å². The van der Waals surface area contributed by atoms with Gasteiger partial charge >= 0.3 is 5.69 Å². The van der Waals surface area contributed by atoms with E-state index in [1.807, 2.05) is 13.8 Å². The van der Waals surface area contributed by atoms with Crippen LogP contribution in [0.4, 0.5) is 5.69 Å². The van der Waals surface area contributed by atoms with Crippen molar-refractivity contribution in [1.29, 1.82) is 0 Å². The SMILES string of the molecule is CCOc1c(C(=O)NC(CBr)C(C)C)cccc1[N+](=O)[O-]. The van der Waals surface area contributed by atoms with Crippen molar-refractivity contribution in [3.63, 3.8) is 0 Å². The predicted octanol–water partition coefficient (Wildman–Crippen LogP) is 3.14. The normalized spacial score (nSPS) is 12.0. The van der Waals surface area contributed by atoms with Crippen molar-refractivity contribution in [1.82, 2.24) is 5.32 Å². The van der Waals surface area contributed by atoms with E-state index >= 15 is 0 Å². The van der Waals surface area contributed by atoms with Crippen molar-refractivity contribution in [3.8, 4) is 5.75 Å². The molecule has 1 aromatic rings. The van der Waals surface area contributed by atoms with E-state index in [0.29, 0.717) is 5.33 Å². The van der Waals surface area contributed by atoms with Crippen LogP contribution < -0.4 is 10.1 Å². The summed E-state index contributed by atoms with van der Waals surface area (Å²) in [5, 5.41) is 14.5. The lowest BCUT2D eigenvalue weighted by atomic mass is 10.1. The Morgan fingerprint density at radius 1 is 1.48 bits per heavy atom. The van der Waals surface area contributed by atoms with Crippen molar-refractivity contribution >= 4 is 27.5 Å². The number of amides is 1. The zero-order chi connectivity index (χ0) is 16.0. The van der Waals surface area contributed by atoms with Gasteiger partial charge in [0.25, 0.3) is 5.91 Å². The van der Waals surface area contributed by atoms with Crippen molar-refractivity contribution in [2.45, 2.75) is 26.8 Å². The molecule has 0 aliphatic heterocycles. The minimum absolute atomic E-state index is 0.0135. The lowest BCUT2D eigenvalue weighted by Gasteiger charge is -2.20. The highest BCUT2D eigenvalue weighted by molar-refractivity contribution is 9.09. The Morgan fingerprint density at radius 3 is 2.62 bits per heavy atom. The number of nitrogens with zero attached hydrogens (tertiary/aromatic N) is 1. The second-order valence-electron chi connectivity index (χ2n) is 4.82. The number of hydrogen-bond acceptors (Lipinski definition) is 4. The van der Waals surface area contributed by atoms with E-state index in [4.69, 9.17) is 4.74 Å². The van der Waals surface area contributed by atoms with Gasteiger partial charge in [0.15, 0.2) is 0 Å². The first-order chi connectivity index (χ1) is 9.92. The molecule has 0 aliphatic carbocycles. The zero-order valence-corrected chi connectivity index (χ0v) is 13.8. The van der Waals surface area contributed by atoms with Gasteiger partial charge in [0.05, 0.1) is 17.1 Å². The summed E-state index contributed by atoms with van der Waals surface area (Å²) in [4.78, 5) is 22.8. The van der Waals surface area contributed by atoms with Crippen LogP contribution in [0.1, 0.15) is 31.1 Å². The molecule has 21 heavy (non-hydrogen) atoms. The number of nitrogens with one attached hydrogen (secondary N) is 1. The highest BCUT2D eigenvalue weighted by atomic mass is 79.9. The van der Waals surface area contributed by atoms with Gasteiger partial charge in [-0.1, -0.05) is 35.8 Å². The summed E-state index contributed by atoms with van der Waals surface area (Å²) in [7, 11) is 0. The number of ether oxygens (including phenoxy) is 1. The Bertz CT molecular complexity index is 520. The standard InChI is InChI=1S/C14H19BrN2O4/c1-4-21-13-10(6-5-7-12(13)17(19)20)14(18)16-11(8-15)9(2)3/h5-7,9,11H,4,8H2,1-3H3,(H,16,18). The lowest BCUT2D eigenvalue weighted by Crippen LogP contribution is -2.39. The maximum atomic E-state index is 12.4. The molecule has 1 amide bonds. The van der Waals surface area contributed by atoms with E-state index in [1.54, 1.807) is 6.92 Å². The molecule has 0 saturated carbocycles. The van der Waals surface area contributed by atoms with Gasteiger partial charge in [0, 0.05) is 17.4 Å². The van der Waals surface area contributed by atoms with E-state index in [-0.39, 0.29) is 41.5 Å². The van der Waals surface area contributed by atoms with Crippen molar-refractivity contribution in [2.75, 3.05) is 11.9 Å². The highest BCUT2D eigenvalue weighted by Crippen LogP contribution is 2.31. The van der Waals surface area contributed by atoms with Gasteiger partial charge in [0.1, 0.15) is 0 Å².